The van der Waals surface area contributed by atoms with Gasteiger partial charge < -0.3 is 14.8 Å². The normalized spacial score (nSPS) is 18.6. The molecule has 3 aromatic rings. The van der Waals surface area contributed by atoms with Gasteiger partial charge in [0.15, 0.2) is 0 Å². The number of benzene rings is 2. The van der Waals surface area contributed by atoms with Crippen LogP contribution in [-0.2, 0) is 17.4 Å². The number of carbonyl (C=O) groups excluding carboxylic acids is 1. The summed E-state index contributed by atoms with van der Waals surface area (Å²) < 4.78 is 1.57. The van der Waals surface area contributed by atoms with E-state index < -0.39 is 5.54 Å². The van der Waals surface area contributed by atoms with Crippen molar-refractivity contribution in [1.29, 1.82) is 0 Å². The van der Waals surface area contributed by atoms with Crippen LogP contribution in [0.5, 0.6) is 0 Å². The maximum absolute atomic E-state index is 12.6. The molecule has 1 aliphatic rings. The van der Waals surface area contributed by atoms with Crippen molar-refractivity contribution in [2.45, 2.75) is 18.9 Å². The second-order valence-corrected chi connectivity index (χ2v) is 8.27. The van der Waals surface area contributed by atoms with Gasteiger partial charge in [-0.2, -0.15) is 0 Å². The Kier molecular flexibility index (Phi) is 5.16. The fourth-order valence-corrected chi connectivity index (χ4v) is 4.51. The molecule has 0 saturated carbocycles. The molecule has 0 aliphatic carbocycles. The lowest BCUT2D eigenvalue weighted by molar-refractivity contribution is -0.125. The second kappa shape index (κ2) is 7.65. The molecule has 2 aromatic carbocycles. The number of carbonyl (C=O) groups is 1. The Labute approximate surface area is 180 Å². The van der Waals surface area contributed by atoms with Gasteiger partial charge in [-0.25, -0.2) is 0 Å². The van der Waals surface area contributed by atoms with E-state index in [1.54, 1.807) is 22.7 Å². The van der Waals surface area contributed by atoms with Crippen molar-refractivity contribution in [3.8, 4) is 0 Å². The number of rotatable bonds is 4. The maximum atomic E-state index is 12.6. The molecule has 30 heavy (non-hydrogen) atoms. The van der Waals surface area contributed by atoms with Crippen LogP contribution in [0, 0.1) is 6.92 Å². The van der Waals surface area contributed by atoms with E-state index in [4.69, 9.17) is 11.6 Å². The van der Waals surface area contributed by atoms with E-state index in [-0.39, 0.29) is 11.5 Å². The zero-order valence-corrected chi connectivity index (χ0v) is 17.9. The molecular weight excluding hydrogens is 398 g/mol. The Hall–Kier alpha value is -3.05. The summed E-state index contributed by atoms with van der Waals surface area (Å²) in [5.74, 6) is -0.0919. The monoisotopic (exact) mass is 421 g/mol. The number of aryl methyl sites for hydroxylation is 1. The molecule has 5 nitrogen and oxygen atoms in total. The lowest BCUT2D eigenvalue weighted by atomic mass is 9.85. The quantitative estimate of drug-likeness (QED) is 0.641. The van der Waals surface area contributed by atoms with Crippen molar-refractivity contribution in [3.05, 3.63) is 87.8 Å². The number of fused-ring (bicyclic) bond motifs is 1. The van der Waals surface area contributed by atoms with Gasteiger partial charge >= 0.3 is 0 Å². The summed E-state index contributed by atoms with van der Waals surface area (Å²) in [6.07, 6.45) is 3.84. The molecule has 1 atom stereocenters. The number of anilines is 1. The second-order valence-electron chi connectivity index (χ2n) is 7.87. The zero-order chi connectivity index (χ0) is 21.5. The Morgan fingerprint density at radius 1 is 1.27 bits per heavy atom. The number of hydrogen-bond acceptors (Lipinski definition) is 3. The largest absolute Gasteiger partial charge is 0.374 e. The standard InChI is InChI=1S/C24H24ClN3O2/c1-4-22(29)28-13-11-24(15-28,20-6-5-7-21(25)16(20)2)26-18-9-8-17-10-12-27(3)23(30)19(17)14-18/h4-10,12,14,26H,1,11,13,15H2,2-3H3/t24-/m1/s1. The van der Waals surface area contributed by atoms with Crippen molar-refractivity contribution >= 4 is 34.0 Å². The minimum absolute atomic E-state index is 0.0426. The molecule has 1 amide bonds. The number of likely N-dealkylation sites (tertiary alicyclic amines) is 1. The molecule has 6 heteroatoms. The molecule has 1 N–H and O–H groups in total. The molecule has 1 aromatic heterocycles. The summed E-state index contributed by atoms with van der Waals surface area (Å²) >= 11 is 6.43. The third-order valence-corrected chi connectivity index (χ3v) is 6.41. The van der Waals surface area contributed by atoms with E-state index in [2.05, 4.69) is 18.0 Å². The van der Waals surface area contributed by atoms with Gasteiger partial charge in [0.2, 0.25) is 5.91 Å². The minimum Gasteiger partial charge on any atom is -0.374 e. The number of halogens is 1. The molecule has 1 fully saturated rings. The number of amides is 1. The molecule has 0 radical (unpaired) electrons. The average molecular weight is 422 g/mol. The van der Waals surface area contributed by atoms with Crippen molar-refractivity contribution < 1.29 is 4.79 Å². The van der Waals surface area contributed by atoms with Crippen molar-refractivity contribution in [3.63, 3.8) is 0 Å². The van der Waals surface area contributed by atoms with Gasteiger partial charge in [-0.15, -0.1) is 0 Å². The summed E-state index contributed by atoms with van der Waals surface area (Å²) in [5, 5.41) is 5.89. The van der Waals surface area contributed by atoms with Gasteiger partial charge in [0.25, 0.3) is 5.56 Å². The van der Waals surface area contributed by atoms with Crippen LogP contribution in [0.3, 0.4) is 0 Å². The third-order valence-electron chi connectivity index (χ3n) is 6.00. The predicted octanol–water partition coefficient (Wildman–Crippen LogP) is 4.23. The van der Waals surface area contributed by atoms with Gasteiger partial charge in [-0.3, -0.25) is 9.59 Å². The highest BCUT2D eigenvalue weighted by Gasteiger charge is 2.42. The lowest BCUT2D eigenvalue weighted by Gasteiger charge is -2.34. The van der Waals surface area contributed by atoms with E-state index in [9.17, 15) is 9.59 Å². The highest BCUT2D eigenvalue weighted by atomic mass is 35.5. The topological polar surface area (TPSA) is 54.3 Å². The molecule has 0 unspecified atom stereocenters. The number of nitrogens with one attached hydrogen (secondary N) is 1. The van der Waals surface area contributed by atoms with Crippen LogP contribution in [0.15, 0.2) is 66.1 Å². The van der Waals surface area contributed by atoms with Crippen molar-refractivity contribution in [1.82, 2.24) is 9.47 Å². The molecule has 1 aliphatic heterocycles. The average Bonchev–Trinajstić information content (AvgIpc) is 3.17. The summed E-state index contributed by atoms with van der Waals surface area (Å²) in [6.45, 7) is 6.72. The summed E-state index contributed by atoms with van der Waals surface area (Å²) in [5.41, 5.74) is 2.31. The first-order valence-electron chi connectivity index (χ1n) is 9.89. The van der Waals surface area contributed by atoms with Crippen LogP contribution in [0.2, 0.25) is 5.02 Å². The first kappa shape index (κ1) is 20.2. The van der Waals surface area contributed by atoms with E-state index in [1.165, 1.54) is 6.08 Å². The molecule has 1 saturated heterocycles. The number of hydrogen-bond donors (Lipinski definition) is 1. The number of nitrogens with zero attached hydrogens (tertiary/aromatic N) is 2. The molecular formula is C24H24ClN3O2. The fraction of sp³-hybridized carbons (Fsp3) is 0.250. The SMILES string of the molecule is C=CC(=O)N1CC[C@](Nc2ccc3ccn(C)c(=O)c3c2)(c2cccc(Cl)c2C)C1. The molecule has 0 bridgehead atoms. The van der Waals surface area contributed by atoms with Gasteiger partial charge in [-0.1, -0.05) is 36.4 Å². The van der Waals surface area contributed by atoms with E-state index in [0.29, 0.717) is 23.5 Å². The molecule has 4 rings (SSSR count). The van der Waals surface area contributed by atoms with Crippen LogP contribution < -0.4 is 10.9 Å². The van der Waals surface area contributed by atoms with Crippen LogP contribution in [0.25, 0.3) is 10.8 Å². The molecule has 0 spiro atoms. The summed E-state index contributed by atoms with van der Waals surface area (Å²) in [6, 6.07) is 13.6. The molecule has 154 valence electrons. The Balaban J connectivity index is 1.81. The van der Waals surface area contributed by atoms with Crippen molar-refractivity contribution in [2.75, 3.05) is 18.4 Å². The maximum Gasteiger partial charge on any atom is 0.258 e. The highest BCUT2D eigenvalue weighted by molar-refractivity contribution is 6.31. The number of aromatic nitrogens is 1. The summed E-state index contributed by atoms with van der Waals surface area (Å²) in [7, 11) is 1.74. The first-order valence-corrected chi connectivity index (χ1v) is 10.3. The highest BCUT2D eigenvalue weighted by Crippen LogP contribution is 2.39. The Morgan fingerprint density at radius 3 is 2.83 bits per heavy atom. The zero-order valence-electron chi connectivity index (χ0n) is 17.1. The van der Waals surface area contributed by atoms with Gasteiger partial charge in [0, 0.05) is 42.4 Å². The van der Waals surface area contributed by atoms with Crippen LogP contribution in [0.4, 0.5) is 5.69 Å². The van der Waals surface area contributed by atoms with Gasteiger partial charge in [0.1, 0.15) is 0 Å². The first-order chi connectivity index (χ1) is 14.3. The van der Waals surface area contributed by atoms with E-state index in [0.717, 1.165) is 28.6 Å². The predicted molar refractivity (Wildman–Crippen MR) is 122 cm³/mol. The van der Waals surface area contributed by atoms with Crippen LogP contribution >= 0.6 is 11.6 Å². The minimum atomic E-state index is -0.513. The Morgan fingerprint density at radius 2 is 2.07 bits per heavy atom. The summed E-state index contributed by atoms with van der Waals surface area (Å²) in [4.78, 5) is 26.7. The fourth-order valence-electron chi connectivity index (χ4n) is 4.33. The van der Waals surface area contributed by atoms with Gasteiger partial charge in [-0.05, 0) is 60.2 Å². The number of pyridine rings is 1. The van der Waals surface area contributed by atoms with Gasteiger partial charge in [0.05, 0.1) is 5.54 Å². The molecule has 2 heterocycles. The van der Waals surface area contributed by atoms with E-state index >= 15 is 0 Å². The smallest absolute Gasteiger partial charge is 0.258 e. The van der Waals surface area contributed by atoms with Crippen LogP contribution in [0.1, 0.15) is 17.5 Å². The Bertz CT molecular complexity index is 1220. The van der Waals surface area contributed by atoms with Crippen molar-refractivity contribution in [2.24, 2.45) is 7.05 Å². The lowest BCUT2D eigenvalue weighted by Crippen LogP contribution is -2.40. The third kappa shape index (κ3) is 3.39. The van der Waals surface area contributed by atoms with E-state index in [1.807, 2.05) is 43.3 Å². The van der Waals surface area contributed by atoms with Crippen LogP contribution in [-0.4, -0.2) is 28.5 Å².